The van der Waals surface area contributed by atoms with Gasteiger partial charge in [0.05, 0.1) is 11.0 Å². The Labute approximate surface area is 201 Å². The van der Waals surface area contributed by atoms with Crippen molar-refractivity contribution in [1.82, 2.24) is 4.98 Å². The third kappa shape index (κ3) is 6.50. The normalized spacial score (nSPS) is 11.1. The molecule has 0 saturated heterocycles. The molecule has 2 rings (SSSR count). The molecule has 0 fully saturated rings. The largest absolute Gasteiger partial charge is 0.249 e. The Hall–Kier alpha value is -3.02. The smallest absolute Gasteiger partial charge is 0.0700 e. The zero-order chi connectivity index (χ0) is 24.7. The van der Waals surface area contributed by atoms with Crippen molar-refractivity contribution in [3.63, 3.8) is 0 Å². The van der Waals surface area contributed by atoms with Gasteiger partial charge in [-0.15, -0.1) is 0 Å². The molecule has 0 aliphatic carbocycles. The van der Waals surface area contributed by atoms with Crippen LogP contribution in [-0.2, 0) is 0 Å². The van der Waals surface area contributed by atoms with Crippen molar-refractivity contribution in [2.45, 2.75) is 48.5 Å². The lowest BCUT2D eigenvalue weighted by Crippen LogP contribution is -2.16. The van der Waals surface area contributed by atoms with Crippen molar-refractivity contribution in [1.29, 1.82) is 0 Å². The van der Waals surface area contributed by atoms with E-state index in [-0.39, 0.29) is 0 Å². The summed E-state index contributed by atoms with van der Waals surface area (Å²) < 4.78 is 0. The van der Waals surface area contributed by atoms with Gasteiger partial charge in [-0.25, -0.2) is 4.98 Å². The fraction of sp³-hybridized carbons (Fsp3) is 0.226. The summed E-state index contributed by atoms with van der Waals surface area (Å²) in [5.74, 6) is 4.32. The highest BCUT2D eigenvalue weighted by molar-refractivity contribution is 7.28. The minimum Gasteiger partial charge on any atom is -0.249 e. The Morgan fingerprint density at radius 1 is 0.818 bits per heavy atom. The van der Waals surface area contributed by atoms with E-state index in [9.17, 15) is 0 Å². The van der Waals surface area contributed by atoms with Gasteiger partial charge in [-0.05, 0) is 121 Å². The molecule has 1 heterocycles. The lowest BCUT2D eigenvalue weighted by Gasteiger charge is -2.03. The van der Waals surface area contributed by atoms with E-state index in [1.54, 1.807) is 6.08 Å². The molecule has 1 nitrogen and oxygen atoms in total. The van der Waals surface area contributed by atoms with Crippen molar-refractivity contribution >= 4 is 44.3 Å². The number of nitrogens with zero attached hydrogens (tertiary/aromatic N) is 1. The van der Waals surface area contributed by atoms with Crippen LogP contribution in [-0.4, -0.2) is 4.98 Å². The minimum absolute atomic E-state index is 0.794. The van der Waals surface area contributed by atoms with Crippen molar-refractivity contribution in [2.24, 2.45) is 0 Å². The predicted octanol–water partition coefficient (Wildman–Crippen LogP) is 7.02. The summed E-state index contributed by atoms with van der Waals surface area (Å²) in [5.41, 5.74) is 7.88. The number of aryl methyl sites for hydroxylation is 5. The van der Waals surface area contributed by atoms with Crippen molar-refractivity contribution < 1.29 is 0 Å². The van der Waals surface area contributed by atoms with E-state index < -0.39 is 0 Å². The second-order valence-corrected chi connectivity index (χ2v) is 9.27. The van der Waals surface area contributed by atoms with Crippen molar-refractivity contribution in [3.05, 3.63) is 103 Å². The minimum atomic E-state index is 0.794. The van der Waals surface area contributed by atoms with E-state index in [2.05, 4.69) is 103 Å². The van der Waals surface area contributed by atoms with E-state index in [1.165, 1.54) is 33.0 Å². The van der Waals surface area contributed by atoms with Crippen LogP contribution in [0.2, 0.25) is 0 Å². The molecule has 0 spiro atoms. The number of aromatic nitrogens is 1. The molecule has 1 aromatic heterocycles. The summed E-state index contributed by atoms with van der Waals surface area (Å²) >= 11 is 0. The van der Waals surface area contributed by atoms with Gasteiger partial charge >= 0.3 is 0 Å². The first-order valence-corrected chi connectivity index (χ1v) is 12.2. The highest BCUT2D eigenvalue weighted by atomic mass is 31.0. The van der Waals surface area contributed by atoms with Gasteiger partial charge < -0.3 is 0 Å². The van der Waals surface area contributed by atoms with Crippen LogP contribution < -0.4 is 15.8 Å². The Bertz CT molecular complexity index is 1430. The van der Waals surface area contributed by atoms with Crippen LogP contribution in [0.3, 0.4) is 0 Å². The summed E-state index contributed by atoms with van der Waals surface area (Å²) in [6.07, 6.45) is 3.82. The zero-order valence-electron chi connectivity index (χ0n) is 21.2. The average molecular weight is 454 g/mol. The van der Waals surface area contributed by atoms with Crippen molar-refractivity contribution in [2.75, 3.05) is 0 Å². The van der Waals surface area contributed by atoms with E-state index in [0.29, 0.717) is 0 Å². The molecular weight excluding hydrogens is 417 g/mol. The topological polar surface area (TPSA) is 12.9 Å². The monoisotopic (exact) mass is 453 g/mol. The molecule has 2 aromatic rings. The lowest BCUT2D eigenvalue weighted by atomic mass is 10.0. The molecular formula is C31H36NP. The lowest BCUT2D eigenvalue weighted by molar-refractivity contribution is 1.17. The quantitative estimate of drug-likeness (QED) is 0.452. The van der Waals surface area contributed by atoms with Gasteiger partial charge in [0.25, 0.3) is 0 Å². The van der Waals surface area contributed by atoms with Gasteiger partial charge in [0.1, 0.15) is 0 Å². The van der Waals surface area contributed by atoms with Gasteiger partial charge in [0, 0.05) is 0 Å². The third-order valence-electron chi connectivity index (χ3n) is 6.11. The maximum Gasteiger partial charge on any atom is 0.0700 e. The van der Waals surface area contributed by atoms with Crippen LogP contribution in [0, 0.1) is 41.5 Å². The zero-order valence-corrected chi connectivity index (χ0v) is 22.1. The van der Waals surface area contributed by atoms with Gasteiger partial charge in [0.2, 0.25) is 0 Å². The second kappa shape index (κ2) is 11.7. The van der Waals surface area contributed by atoms with Gasteiger partial charge in [0.15, 0.2) is 0 Å². The van der Waals surface area contributed by atoms with Crippen LogP contribution in [0.1, 0.15) is 46.0 Å². The standard InChI is InChI=1S/C31H36NP/c1-11-30-24(7)19-33-18-23(6)29-15-13-14-28(27(29)10)17-21(4)20(3)16-22(5)25(8)26(9)31(12-2)32-30/h11-19H,2,6,9H2,1,3-5,7-8,10H3/b20-16?,21-17?,24-19?,25-22?,30-11-,32-31?. The van der Waals surface area contributed by atoms with Crippen LogP contribution in [0.4, 0.5) is 0 Å². The Kier molecular flexibility index (Phi) is 9.32. The molecule has 0 unspecified atom stereocenters. The molecule has 0 amide bonds. The SMILES string of the molecule is C=Cc1n/c(=C\C)c(C)cpcc(=C)c2cccc(cc(C)c(C)cc(C)c(C)c1=C)c2C. The molecule has 2 heteroatoms. The first-order chi connectivity index (χ1) is 15.6. The Balaban J connectivity index is 3.24. The summed E-state index contributed by atoms with van der Waals surface area (Å²) in [6.45, 7) is 27.5. The van der Waals surface area contributed by atoms with Crippen molar-refractivity contribution in [3.8, 4) is 0 Å². The maximum atomic E-state index is 4.90. The number of benzene rings is 1. The predicted molar refractivity (Wildman–Crippen MR) is 151 cm³/mol. The average Bonchev–Trinajstić information content (AvgIpc) is 2.79. The Morgan fingerprint density at radius 2 is 1.48 bits per heavy atom. The van der Waals surface area contributed by atoms with E-state index in [0.717, 1.165) is 40.8 Å². The molecule has 1 aromatic carbocycles. The van der Waals surface area contributed by atoms with E-state index >= 15 is 0 Å². The first kappa shape index (κ1) is 26.2. The number of hydrogen-bond donors (Lipinski definition) is 0. The molecule has 0 aliphatic rings. The Morgan fingerprint density at radius 3 is 2.12 bits per heavy atom. The molecule has 0 aliphatic heterocycles. The molecule has 0 atom stereocenters. The third-order valence-corrected chi connectivity index (χ3v) is 7.11. The van der Waals surface area contributed by atoms with E-state index in [4.69, 9.17) is 4.98 Å². The molecule has 2 bridgehead atoms. The fourth-order valence-electron chi connectivity index (χ4n) is 3.60. The van der Waals surface area contributed by atoms with Gasteiger partial charge in [-0.1, -0.05) is 64.3 Å². The summed E-state index contributed by atoms with van der Waals surface area (Å²) in [6, 6.07) is 10.9. The summed E-state index contributed by atoms with van der Waals surface area (Å²) in [4.78, 5) is 4.90. The second-order valence-electron chi connectivity index (χ2n) is 8.45. The van der Waals surface area contributed by atoms with Crippen LogP contribution in [0.15, 0.2) is 48.5 Å². The fourth-order valence-corrected chi connectivity index (χ4v) is 4.35. The molecule has 33 heavy (non-hydrogen) atoms. The number of fused-ring (bicyclic) bond motifs is 2. The van der Waals surface area contributed by atoms with Crippen LogP contribution >= 0.6 is 8.19 Å². The highest BCUT2D eigenvalue weighted by Crippen LogP contribution is 2.15. The van der Waals surface area contributed by atoms with Crippen LogP contribution in [0.25, 0.3) is 36.1 Å². The summed E-state index contributed by atoms with van der Waals surface area (Å²) in [7, 11) is 1.07. The highest BCUT2D eigenvalue weighted by Gasteiger charge is 1.98. The molecule has 0 N–H and O–H groups in total. The van der Waals surface area contributed by atoms with E-state index in [1.807, 2.05) is 13.0 Å². The maximum absolute atomic E-state index is 4.90. The number of rotatable bonds is 1. The molecule has 170 valence electrons. The summed E-state index contributed by atoms with van der Waals surface area (Å²) in [5, 5.41) is 5.24. The molecule has 0 radical (unpaired) electrons. The van der Waals surface area contributed by atoms with Gasteiger partial charge in [-0.2, -0.15) is 0 Å². The number of hydrogen-bond acceptors (Lipinski definition) is 1. The molecule has 0 saturated carbocycles. The van der Waals surface area contributed by atoms with Gasteiger partial charge in [-0.3, -0.25) is 0 Å². The van der Waals surface area contributed by atoms with Crippen LogP contribution in [0.5, 0.6) is 0 Å². The first-order valence-electron chi connectivity index (χ1n) is 11.2.